The van der Waals surface area contributed by atoms with Gasteiger partial charge in [0.05, 0.1) is 0 Å². The van der Waals surface area contributed by atoms with Crippen molar-refractivity contribution in [3.05, 3.63) is 81.9 Å². The lowest BCUT2D eigenvalue weighted by molar-refractivity contribution is 0.344. The zero-order valence-electron chi connectivity index (χ0n) is 28.5. The lowest BCUT2D eigenvalue weighted by Gasteiger charge is -2.44. The van der Waals surface area contributed by atoms with Crippen LogP contribution < -0.4 is 0 Å². The monoisotopic (exact) mass is 582 g/mol. The van der Waals surface area contributed by atoms with E-state index in [1.807, 2.05) is 12.1 Å². The molecule has 2 N–H and O–H groups in total. The number of rotatable bonds is 9. The van der Waals surface area contributed by atoms with Gasteiger partial charge < -0.3 is 9.79 Å². The Labute approximate surface area is 252 Å². The van der Waals surface area contributed by atoms with Crippen LogP contribution in [0.15, 0.2) is 48.6 Å². The molecular weight excluding hydrogens is 523 g/mol. The first-order valence-electron chi connectivity index (χ1n) is 15.4. The molecule has 0 aliphatic rings. The summed E-state index contributed by atoms with van der Waals surface area (Å²) in [5.41, 5.74) is 5.27. The fourth-order valence-electron chi connectivity index (χ4n) is 5.89. The number of hydrogen-bond acceptors (Lipinski definition) is 1. The summed E-state index contributed by atoms with van der Waals surface area (Å²) in [5, 5.41) is -1.67. The van der Waals surface area contributed by atoms with Crippen molar-refractivity contribution in [2.75, 3.05) is 0 Å². The van der Waals surface area contributed by atoms with Gasteiger partial charge in [-0.15, -0.1) is 0 Å². The van der Waals surface area contributed by atoms with Gasteiger partial charge in [0.15, 0.2) is 0 Å². The summed E-state index contributed by atoms with van der Waals surface area (Å²) >= 11 is 0. The van der Waals surface area contributed by atoms with Gasteiger partial charge in [-0.1, -0.05) is 158 Å². The minimum Gasteiger partial charge on any atom is -0.323 e. The van der Waals surface area contributed by atoms with Crippen molar-refractivity contribution in [3.63, 3.8) is 0 Å². The van der Waals surface area contributed by atoms with Crippen LogP contribution in [0.25, 0.3) is 0 Å². The normalized spacial score (nSPS) is 13.9. The Morgan fingerprint density at radius 1 is 0.634 bits per heavy atom. The Hall–Kier alpha value is -1.67. The van der Waals surface area contributed by atoms with Crippen LogP contribution in [0.2, 0.25) is 0 Å². The zero-order valence-corrected chi connectivity index (χ0v) is 29.4. The molecule has 0 aliphatic heterocycles. The summed E-state index contributed by atoms with van der Waals surface area (Å²) in [6.45, 7) is 32.6. The molecule has 0 atom stereocenters. The maximum atomic E-state index is 14.3. The van der Waals surface area contributed by atoms with Crippen molar-refractivity contribution in [1.82, 2.24) is 0 Å². The molecule has 0 aliphatic carbocycles. The van der Waals surface area contributed by atoms with Crippen LogP contribution in [0, 0.1) is 0 Å². The van der Waals surface area contributed by atoms with Crippen molar-refractivity contribution in [2.45, 2.75) is 149 Å². The van der Waals surface area contributed by atoms with E-state index >= 15 is 0 Å². The molecule has 0 spiro atoms. The fraction of sp³-hybridized carbons (Fsp3) is 0.622. The van der Waals surface area contributed by atoms with E-state index in [4.69, 9.17) is 0 Å². The highest BCUT2D eigenvalue weighted by atomic mass is 31.2. The molecule has 41 heavy (non-hydrogen) atoms. The molecule has 0 fully saturated rings. The van der Waals surface area contributed by atoms with Crippen LogP contribution in [0.3, 0.4) is 0 Å². The van der Waals surface area contributed by atoms with E-state index in [9.17, 15) is 14.4 Å². The number of benzene rings is 2. The molecule has 4 heteroatoms. The zero-order chi connectivity index (χ0) is 31.8. The summed E-state index contributed by atoms with van der Waals surface area (Å²) in [4.78, 5) is 23.4. The van der Waals surface area contributed by atoms with Gasteiger partial charge in [-0.2, -0.15) is 0 Å². The lowest BCUT2D eigenvalue weighted by Crippen LogP contribution is -2.36. The molecule has 0 saturated heterocycles. The lowest BCUT2D eigenvalue weighted by atomic mass is 9.68. The minimum absolute atomic E-state index is 0.106. The molecule has 2 aromatic carbocycles. The quantitative estimate of drug-likeness (QED) is 0.176. The van der Waals surface area contributed by atoms with Crippen molar-refractivity contribution < 1.29 is 14.4 Å². The maximum absolute atomic E-state index is 14.3. The Kier molecular flexibility index (Phi) is 10.5. The van der Waals surface area contributed by atoms with Crippen molar-refractivity contribution in [3.8, 4) is 0 Å². The molecule has 3 nitrogen and oxygen atoms in total. The Bertz CT molecular complexity index is 1190. The van der Waals surface area contributed by atoms with Gasteiger partial charge in [-0.05, 0) is 67.9 Å². The SMILES string of the molecule is C=C(CCCCCC)C(c1ccc(C(C)(C)C)cc1C(C)(C)C)(c1ccc(C(C)(C)C)cc1C(C)(C)C)P(=O)(O)O. The highest BCUT2D eigenvalue weighted by Gasteiger charge is 2.55. The Balaban J connectivity index is 3.22. The molecule has 230 valence electrons. The molecule has 0 heterocycles. The van der Waals surface area contributed by atoms with E-state index in [1.54, 1.807) is 0 Å². The first-order chi connectivity index (χ1) is 18.4. The molecule has 0 bridgehead atoms. The Morgan fingerprint density at radius 2 is 1.02 bits per heavy atom. The highest BCUT2D eigenvalue weighted by Crippen LogP contribution is 2.67. The molecule has 0 saturated carbocycles. The van der Waals surface area contributed by atoms with E-state index in [1.165, 1.54) is 0 Å². The average molecular weight is 583 g/mol. The third-order valence-corrected chi connectivity index (χ3v) is 10.1. The van der Waals surface area contributed by atoms with Gasteiger partial charge in [0.25, 0.3) is 0 Å². The summed E-state index contributed by atoms with van der Waals surface area (Å²) in [6.07, 6.45) is 4.61. The van der Waals surface area contributed by atoms with Crippen LogP contribution in [-0.2, 0) is 31.4 Å². The minimum atomic E-state index is -4.87. The van der Waals surface area contributed by atoms with Gasteiger partial charge in [-0.25, -0.2) is 0 Å². The second kappa shape index (κ2) is 12.1. The molecule has 0 unspecified atom stereocenters. The molecule has 2 aromatic rings. The van der Waals surface area contributed by atoms with Gasteiger partial charge >= 0.3 is 7.60 Å². The first kappa shape index (κ1) is 35.5. The van der Waals surface area contributed by atoms with Crippen LogP contribution >= 0.6 is 7.60 Å². The fourth-order valence-corrected chi connectivity index (χ4v) is 7.43. The van der Waals surface area contributed by atoms with E-state index in [0.717, 1.165) is 47.9 Å². The number of allylic oxidation sites excluding steroid dienone is 1. The van der Waals surface area contributed by atoms with Crippen molar-refractivity contribution in [1.29, 1.82) is 0 Å². The molecular formula is C37H59O3P. The van der Waals surface area contributed by atoms with Gasteiger partial charge in [0.1, 0.15) is 5.16 Å². The predicted molar refractivity (Wildman–Crippen MR) is 178 cm³/mol. The second-order valence-corrected chi connectivity index (χ2v) is 17.9. The summed E-state index contributed by atoms with van der Waals surface area (Å²) in [6, 6.07) is 12.5. The Morgan fingerprint density at radius 3 is 1.32 bits per heavy atom. The highest BCUT2D eigenvalue weighted by molar-refractivity contribution is 7.53. The second-order valence-electron chi connectivity index (χ2n) is 16.2. The van der Waals surface area contributed by atoms with E-state index < -0.39 is 12.8 Å². The van der Waals surface area contributed by atoms with Crippen LogP contribution in [0.1, 0.15) is 155 Å². The molecule has 2 rings (SSSR count). The van der Waals surface area contributed by atoms with Gasteiger partial charge in [0, 0.05) is 0 Å². The van der Waals surface area contributed by atoms with Crippen LogP contribution in [-0.4, -0.2) is 9.79 Å². The predicted octanol–water partition coefficient (Wildman–Crippen LogP) is 10.8. The van der Waals surface area contributed by atoms with Crippen LogP contribution in [0.5, 0.6) is 0 Å². The first-order valence-corrected chi connectivity index (χ1v) is 17.1. The standard InChI is InChI=1S/C37H59O3P/c1-15-16-17-18-19-26(2)37(41(38,39)40,29-22-20-27(33(3,4)5)24-31(29)35(9,10)11)30-23-21-28(34(6,7)8)25-32(30)36(12,13)14/h20-25H,2,15-19H2,1,3-14H3,(H2,38,39,40). The maximum Gasteiger partial charge on any atom is 0.344 e. The van der Waals surface area contributed by atoms with E-state index in [2.05, 4.69) is 121 Å². The van der Waals surface area contributed by atoms with E-state index in [0.29, 0.717) is 23.1 Å². The molecule has 0 amide bonds. The summed E-state index contributed by atoms with van der Waals surface area (Å²) in [5.74, 6) is 0. The topological polar surface area (TPSA) is 57.5 Å². The van der Waals surface area contributed by atoms with Crippen LogP contribution in [0.4, 0.5) is 0 Å². The smallest absolute Gasteiger partial charge is 0.323 e. The molecule has 0 aromatic heterocycles. The van der Waals surface area contributed by atoms with E-state index in [-0.39, 0.29) is 21.7 Å². The van der Waals surface area contributed by atoms with Crippen molar-refractivity contribution in [2.24, 2.45) is 0 Å². The molecule has 0 radical (unpaired) electrons. The number of hydrogen-bond donors (Lipinski definition) is 2. The van der Waals surface area contributed by atoms with Crippen molar-refractivity contribution >= 4 is 7.60 Å². The number of unbranched alkanes of at least 4 members (excludes halogenated alkanes) is 3. The summed E-state index contributed by atoms with van der Waals surface area (Å²) in [7, 11) is -4.87. The van der Waals surface area contributed by atoms with Gasteiger partial charge in [-0.3, -0.25) is 4.57 Å². The largest absolute Gasteiger partial charge is 0.344 e. The van der Waals surface area contributed by atoms with Gasteiger partial charge in [0.2, 0.25) is 0 Å². The third kappa shape index (κ3) is 7.65. The average Bonchev–Trinajstić information content (AvgIpc) is 2.79. The summed E-state index contributed by atoms with van der Waals surface area (Å²) < 4.78 is 14.3. The third-order valence-electron chi connectivity index (χ3n) is 8.45.